The van der Waals surface area contributed by atoms with Crippen LogP contribution in [0, 0.1) is 5.82 Å². The molecule has 0 unspecified atom stereocenters. The molecule has 1 aromatic rings. The second-order valence-corrected chi connectivity index (χ2v) is 3.66. The Labute approximate surface area is 82.7 Å². The molecule has 3 heteroatoms. The topological polar surface area (TPSA) is 12.0 Å². The normalized spacial score (nSPS) is 10.4. The number of halogens is 1. The van der Waals surface area contributed by atoms with Crippen LogP contribution in [0.5, 0.6) is 0 Å². The molecule has 0 spiro atoms. The Morgan fingerprint density at radius 1 is 1.38 bits per heavy atom. The van der Waals surface area contributed by atoms with Crippen molar-refractivity contribution >= 4 is 11.8 Å². The number of thioether (sulfide) groups is 1. The Hall–Kier alpha value is -0.540. The van der Waals surface area contributed by atoms with E-state index in [1.54, 1.807) is 23.9 Å². The van der Waals surface area contributed by atoms with E-state index in [0.29, 0.717) is 0 Å². The van der Waals surface area contributed by atoms with Crippen LogP contribution >= 0.6 is 11.8 Å². The molecule has 0 bridgehead atoms. The fraction of sp³-hybridized carbons (Fsp3) is 0.400. The number of rotatable bonds is 4. The van der Waals surface area contributed by atoms with Crippen molar-refractivity contribution in [3.8, 4) is 0 Å². The fourth-order valence-electron chi connectivity index (χ4n) is 1.11. The summed E-state index contributed by atoms with van der Waals surface area (Å²) in [7, 11) is 0. The maximum atomic E-state index is 13.0. The van der Waals surface area contributed by atoms with E-state index in [-0.39, 0.29) is 5.82 Å². The van der Waals surface area contributed by atoms with Crippen LogP contribution < -0.4 is 5.32 Å². The molecule has 0 aromatic heterocycles. The molecule has 72 valence electrons. The molecule has 0 saturated carbocycles. The van der Waals surface area contributed by atoms with Gasteiger partial charge >= 0.3 is 0 Å². The third kappa shape index (κ3) is 3.36. The minimum Gasteiger partial charge on any atom is -0.313 e. The van der Waals surface area contributed by atoms with Gasteiger partial charge in [0.25, 0.3) is 0 Å². The highest BCUT2D eigenvalue weighted by molar-refractivity contribution is 7.98. The van der Waals surface area contributed by atoms with Gasteiger partial charge in [0.1, 0.15) is 5.82 Å². The second kappa shape index (κ2) is 5.25. The maximum Gasteiger partial charge on any atom is 0.124 e. The zero-order valence-corrected chi connectivity index (χ0v) is 8.75. The van der Waals surface area contributed by atoms with Crippen LogP contribution in [-0.4, -0.2) is 12.8 Å². The molecule has 1 N–H and O–H groups in total. The molecule has 0 saturated heterocycles. The van der Waals surface area contributed by atoms with Crippen molar-refractivity contribution in [1.82, 2.24) is 5.32 Å². The zero-order valence-electron chi connectivity index (χ0n) is 7.93. The van der Waals surface area contributed by atoms with Gasteiger partial charge in [-0.1, -0.05) is 6.92 Å². The lowest BCUT2D eigenvalue weighted by Gasteiger charge is -2.04. The van der Waals surface area contributed by atoms with E-state index in [1.807, 2.05) is 19.2 Å². The number of hydrogen-bond acceptors (Lipinski definition) is 2. The van der Waals surface area contributed by atoms with Gasteiger partial charge in [0.2, 0.25) is 0 Å². The standard InChI is InChI=1S/C10H14FNS/c1-3-12-7-8-4-9(11)6-10(5-8)13-2/h4-6,12H,3,7H2,1-2H3. The highest BCUT2D eigenvalue weighted by Crippen LogP contribution is 2.18. The van der Waals surface area contributed by atoms with Gasteiger partial charge in [-0.25, -0.2) is 4.39 Å². The average molecular weight is 199 g/mol. The molecule has 0 heterocycles. The lowest BCUT2D eigenvalue weighted by molar-refractivity contribution is 0.618. The number of benzene rings is 1. The predicted octanol–water partition coefficient (Wildman–Crippen LogP) is 2.66. The Kier molecular flexibility index (Phi) is 4.25. The van der Waals surface area contributed by atoms with Crippen molar-refractivity contribution in [1.29, 1.82) is 0 Å². The van der Waals surface area contributed by atoms with E-state index >= 15 is 0 Å². The van der Waals surface area contributed by atoms with Gasteiger partial charge in [0.05, 0.1) is 0 Å². The first-order valence-electron chi connectivity index (χ1n) is 4.30. The third-order valence-corrected chi connectivity index (χ3v) is 2.45. The monoisotopic (exact) mass is 199 g/mol. The summed E-state index contributed by atoms with van der Waals surface area (Å²) < 4.78 is 13.0. The molecule has 13 heavy (non-hydrogen) atoms. The molecule has 0 radical (unpaired) electrons. The average Bonchev–Trinajstić information content (AvgIpc) is 2.14. The summed E-state index contributed by atoms with van der Waals surface area (Å²) >= 11 is 1.56. The summed E-state index contributed by atoms with van der Waals surface area (Å²) in [5.74, 6) is -0.153. The van der Waals surface area contributed by atoms with Crippen LogP contribution in [0.1, 0.15) is 12.5 Å². The molecule has 1 rings (SSSR count). The van der Waals surface area contributed by atoms with Crippen molar-refractivity contribution < 1.29 is 4.39 Å². The summed E-state index contributed by atoms with van der Waals surface area (Å²) in [6.45, 7) is 3.68. The van der Waals surface area contributed by atoms with Crippen molar-refractivity contribution in [2.45, 2.75) is 18.4 Å². The van der Waals surface area contributed by atoms with Gasteiger partial charge in [0, 0.05) is 11.4 Å². The van der Waals surface area contributed by atoms with Crippen LogP contribution in [0.2, 0.25) is 0 Å². The summed E-state index contributed by atoms with van der Waals surface area (Å²) in [6.07, 6.45) is 1.95. The molecule has 0 amide bonds. The second-order valence-electron chi connectivity index (χ2n) is 2.78. The zero-order chi connectivity index (χ0) is 9.68. The van der Waals surface area contributed by atoms with Crippen molar-refractivity contribution in [2.75, 3.05) is 12.8 Å². The molecule has 1 aromatic carbocycles. The van der Waals surface area contributed by atoms with Gasteiger partial charge in [-0.05, 0) is 36.6 Å². The smallest absolute Gasteiger partial charge is 0.124 e. The highest BCUT2D eigenvalue weighted by Gasteiger charge is 1.99. The van der Waals surface area contributed by atoms with E-state index in [4.69, 9.17) is 0 Å². The molecule has 0 aliphatic heterocycles. The molecule has 0 aliphatic rings. The Balaban J connectivity index is 2.76. The van der Waals surface area contributed by atoms with Gasteiger partial charge < -0.3 is 5.32 Å². The van der Waals surface area contributed by atoms with Gasteiger partial charge in [0.15, 0.2) is 0 Å². The molecular formula is C10H14FNS. The molecule has 0 fully saturated rings. The van der Waals surface area contributed by atoms with Crippen molar-refractivity contribution in [3.05, 3.63) is 29.6 Å². The first-order chi connectivity index (χ1) is 6.26. The van der Waals surface area contributed by atoms with E-state index in [2.05, 4.69) is 5.32 Å². The van der Waals surface area contributed by atoms with Gasteiger partial charge in [-0.2, -0.15) is 0 Å². The third-order valence-electron chi connectivity index (χ3n) is 1.75. The molecule has 0 atom stereocenters. The quantitative estimate of drug-likeness (QED) is 0.748. The van der Waals surface area contributed by atoms with Crippen LogP contribution in [-0.2, 0) is 6.54 Å². The van der Waals surface area contributed by atoms with Gasteiger partial charge in [-0.15, -0.1) is 11.8 Å². The Morgan fingerprint density at radius 3 is 2.77 bits per heavy atom. The minimum absolute atomic E-state index is 0.153. The summed E-state index contributed by atoms with van der Waals surface area (Å²) in [5, 5.41) is 3.17. The van der Waals surface area contributed by atoms with E-state index in [0.717, 1.165) is 23.5 Å². The summed E-state index contributed by atoms with van der Waals surface area (Å²) in [6, 6.07) is 5.14. The molecular weight excluding hydrogens is 185 g/mol. The predicted molar refractivity (Wildman–Crippen MR) is 55.6 cm³/mol. The van der Waals surface area contributed by atoms with Crippen molar-refractivity contribution in [2.24, 2.45) is 0 Å². The number of nitrogens with one attached hydrogen (secondary N) is 1. The maximum absolute atomic E-state index is 13.0. The summed E-state index contributed by atoms with van der Waals surface area (Å²) in [4.78, 5) is 0.980. The summed E-state index contributed by atoms with van der Waals surface area (Å²) in [5.41, 5.74) is 1.01. The van der Waals surface area contributed by atoms with E-state index in [1.165, 1.54) is 0 Å². The Morgan fingerprint density at radius 2 is 2.15 bits per heavy atom. The van der Waals surface area contributed by atoms with E-state index in [9.17, 15) is 4.39 Å². The highest BCUT2D eigenvalue weighted by atomic mass is 32.2. The lowest BCUT2D eigenvalue weighted by atomic mass is 10.2. The fourth-order valence-corrected chi connectivity index (χ4v) is 1.61. The largest absolute Gasteiger partial charge is 0.313 e. The first kappa shape index (κ1) is 10.5. The lowest BCUT2D eigenvalue weighted by Crippen LogP contribution is -2.11. The SMILES string of the molecule is CCNCc1cc(F)cc(SC)c1. The van der Waals surface area contributed by atoms with Crippen LogP contribution in [0.15, 0.2) is 23.1 Å². The minimum atomic E-state index is -0.153. The van der Waals surface area contributed by atoms with Crippen LogP contribution in [0.3, 0.4) is 0 Å². The van der Waals surface area contributed by atoms with E-state index < -0.39 is 0 Å². The molecule has 0 aliphatic carbocycles. The van der Waals surface area contributed by atoms with Crippen molar-refractivity contribution in [3.63, 3.8) is 0 Å². The molecule has 1 nitrogen and oxygen atoms in total. The van der Waals surface area contributed by atoms with Gasteiger partial charge in [-0.3, -0.25) is 0 Å². The first-order valence-corrected chi connectivity index (χ1v) is 5.53. The number of hydrogen-bond donors (Lipinski definition) is 1. The van der Waals surface area contributed by atoms with Crippen LogP contribution in [0.4, 0.5) is 4.39 Å². The Bertz CT molecular complexity index is 276. The van der Waals surface area contributed by atoms with Crippen LogP contribution in [0.25, 0.3) is 0 Å².